The van der Waals surface area contributed by atoms with Gasteiger partial charge in [-0.1, -0.05) is 30.2 Å². The van der Waals surface area contributed by atoms with Gasteiger partial charge in [0, 0.05) is 0 Å². The lowest BCUT2D eigenvalue weighted by Gasteiger charge is -2.24. The second-order valence-electron chi connectivity index (χ2n) is 2.70. The van der Waals surface area contributed by atoms with Crippen molar-refractivity contribution in [2.75, 3.05) is 13.1 Å². The molecule has 6 nitrogen and oxygen atoms in total. The fourth-order valence-corrected chi connectivity index (χ4v) is 0.786. The van der Waals surface area contributed by atoms with Crippen LogP contribution in [-0.4, -0.2) is 25.3 Å². The Bertz CT molecular complexity index is 748. The molecule has 98 valence electrons. The number of benzene rings is 1. The minimum Gasteiger partial charge on any atom is -0.446 e. The van der Waals surface area contributed by atoms with E-state index >= 15 is 4.39 Å². The van der Waals surface area contributed by atoms with Crippen molar-refractivity contribution in [2.24, 2.45) is 11.5 Å². The maximum Gasteiger partial charge on any atom is 0.404 e. The summed E-state index contributed by atoms with van der Waals surface area (Å²) >= 11 is 0. The molecule has 0 bridgehead atoms. The van der Waals surface area contributed by atoms with Crippen LogP contribution in [0.4, 0.5) is 14.0 Å². The topological polar surface area (TPSA) is 105 Å². The Balaban J connectivity index is 4.04. The van der Waals surface area contributed by atoms with Gasteiger partial charge < -0.3 is 20.9 Å². The van der Waals surface area contributed by atoms with Gasteiger partial charge in [0.15, 0.2) is 0 Å². The minimum absolute atomic E-state index is 0.996. The number of carbonyl (C=O) groups is 2. The largest absolute Gasteiger partial charge is 0.446 e. The molecular weight excluding hydrogens is 243 g/mol. The molecule has 18 heavy (non-hydrogen) atoms. The highest BCUT2D eigenvalue weighted by Gasteiger charge is 2.35. The van der Waals surface area contributed by atoms with Crippen LogP contribution < -0.4 is 11.5 Å². The Morgan fingerprint density at radius 1 is 1.22 bits per heavy atom. The molecule has 0 saturated carbocycles. The standard InChI is InChI=1S/C11H13FN2O4/c12-11(6-17-9(13)15,7-18-10(14)16)8-4-2-1-3-5-8/h1-5H,6-7H2,(H2,13,15)(H2,14,16)/i1D,2D,3D,4D,5D,6D2,7D2. The molecule has 7 heteroatoms. The third-order valence-electron chi connectivity index (χ3n) is 1.43. The Kier molecular flexibility index (Phi) is 1.81. The lowest BCUT2D eigenvalue weighted by atomic mass is 9.97. The maximum absolute atomic E-state index is 15.9. The van der Waals surface area contributed by atoms with E-state index in [0.29, 0.717) is 0 Å². The van der Waals surface area contributed by atoms with Crippen molar-refractivity contribution in [3.63, 3.8) is 0 Å². The molecule has 1 aromatic rings. The second-order valence-corrected chi connectivity index (χ2v) is 2.70. The van der Waals surface area contributed by atoms with Crippen LogP contribution in [0.3, 0.4) is 0 Å². The second kappa shape index (κ2) is 5.85. The molecule has 0 aliphatic heterocycles. The van der Waals surface area contributed by atoms with Crippen LogP contribution in [0, 0.1) is 0 Å². The van der Waals surface area contributed by atoms with Gasteiger partial charge in [-0.2, -0.15) is 0 Å². The predicted molar refractivity (Wildman–Crippen MR) is 60.3 cm³/mol. The molecular formula is C11H13FN2O4. The molecule has 0 atom stereocenters. The van der Waals surface area contributed by atoms with Gasteiger partial charge in [-0.05, 0) is 5.56 Å². The predicted octanol–water partition coefficient (Wildman–Crippen LogP) is 1.04. The smallest absolute Gasteiger partial charge is 0.404 e. The van der Waals surface area contributed by atoms with Crippen molar-refractivity contribution in [1.82, 2.24) is 0 Å². The van der Waals surface area contributed by atoms with E-state index in [1.165, 1.54) is 0 Å². The number of halogens is 1. The molecule has 0 radical (unpaired) electrons. The maximum atomic E-state index is 15.9. The number of hydrogen-bond acceptors (Lipinski definition) is 4. The van der Waals surface area contributed by atoms with Crippen molar-refractivity contribution in [2.45, 2.75) is 5.67 Å². The highest BCUT2D eigenvalue weighted by atomic mass is 19.1. The zero-order chi connectivity index (χ0) is 21.5. The molecule has 0 saturated heterocycles. The van der Waals surface area contributed by atoms with Gasteiger partial charge in [-0.25, -0.2) is 14.0 Å². The molecule has 4 N–H and O–H groups in total. The van der Waals surface area contributed by atoms with Crippen LogP contribution >= 0.6 is 0 Å². The van der Waals surface area contributed by atoms with Crippen LogP contribution in [0.1, 0.15) is 17.9 Å². The van der Waals surface area contributed by atoms with E-state index in [1.807, 2.05) is 0 Å². The molecule has 1 aromatic carbocycles. The van der Waals surface area contributed by atoms with Gasteiger partial charge >= 0.3 is 12.2 Å². The summed E-state index contributed by atoms with van der Waals surface area (Å²) in [6.07, 6.45) is -3.85. The first-order valence-corrected chi connectivity index (χ1v) is 4.24. The molecule has 0 spiro atoms. The van der Waals surface area contributed by atoms with Crippen LogP contribution in [0.2, 0.25) is 0 Å². The van der Waals surface area contributed by atoms with Gasteiger partial charge in [0.2, 0.25) is 5.67 Å². The Hall–Kier alpha value is -2.31. The van der Waals surface area contributed by atoms with Crippen molar-refractivity contribution in [3.8, 4) is 0 Å². The van der Waals surface area contributed by atoms with Gasteiger partial charge in [-0.3, -0.25) is 0 Å². The number of nitrogens with two attached hydrogens (primary N) is 2. The van der Waals surface area contributed by atoms with E-state index in [-0.39, 0.29) is 0 Å². The van der Waals surface area contributed by atoms with Gasteiger partial charge in [0.05, 0.1) is 12.3 Å². The SMILES string of the molecule is [2H]c1c([2H])c([2H])c(C(F)(C([2H])([2H])OC(N)=O)C([2H])([2H])OC(N)=O)c([2H])c1[2H]. The van der Waals surface area contributed by atoms with E-state index in [4.69, 9.17) is 12.3 Å². The summed E-state index contributed by atoms with van der Waals surface area (Å²) in [5, 5.41) is 0. The summed E-state index contributed by atoms with van der Waals surface area (Å²) in [5.74, 6) is 0. The Morgan fingerprint density at radius 2 is 1.67 bits per heavy atom. The molecule has 0 aliphatic rings. The zero-order valence-corrected chi connectivity index (χ0v) is 8.67. The van der Waals surface area contributed by atoms with E-state index in [9.17, 15) is 9.59 Å². The molecule has 0 heterocycles. The number of amides is 2. The minimum atomic E-state index is -4.47. The molecule has 2 amide bonds. The number of hydrogen-bond donors (Lipinski definition) is 2. The van der Waals surface area contributed by atoms with Crippen molar-refractivity contribution in [3.05, 3.63) is 35.8 Å². The van der Waals surface area contributed by atoms with E-state index in [2.05, 4.69) is 20.9 Å². The molecule has 0 aliphatic carbocycles. The van der Waals surface area contributed by atoms with Crippen molar-refractivity contribution < 1.29 is 35.8 Å². The van der Waals surface area contributed by atoms with Crippen molar-refractivity contribution in [1.29, 1.82) is 0 Å². The average molecular weight is 265 g/mol. The monoisotopic (exact) mass is 265 g/mol. The fraction of sp³-hybridized carbons (Fsp3) is 0.273. The van der Waals surface area contributed by atoms with E-state index in [0.717, 1.165) is 0 Å². The van der Waals surface area contributed by atoms with Gasteiger partial charge in [0.25, 0.3) is 0 Å². The third-order valence-corrected chi connectivity index (χ3v) is 1.43. The van der Waals surface area contributed by atoms with Crippen molar-refractivity contribution >= 4 is 12.2 Å². The van der Waals surface area contributed by atoms with Gasteiger partial charge in [-0.15, -0.1) is 0 Å². The summed E-state index contributed by atoms with van der Waals surface area (Å²) < 4.78 is 92.1. The highest BCUT2D eigenvalue weighted by molar-refractivity contribution is 5.65. The lowest BCUT2D eigenvalue weighted by Crippen LogP contribution is -2.36. The molecule has 1 rings (SSSR count). The number of ether oxygens (including phenoxy) is 2. The van der Waals surface area contributed by atoms with Gasteiger partial charge in [0.1, 0.15) is 13.1 Å². The van der Waals surface area contributed by atoms with Crippen LogP contribution in [-0.2, 0) is 15.1 Å². The number of primary amides is 2. The molecule has 0 aromatic heterocycles. The molecule has 0 unspecified atom stereocenters. The highest BCUT2D eigenvalue weighted by Crippen LogP contribution is 2.27. The Morgan fingerprint density at radius 3 is 2.06 bits per heavy atom. The first-order chi connectivity index (χ1) is 12.0. The number of rotatable bonds is 5. The summed E-state index contributed by atoms with van der Waals surface area (Å²) in [4.78, 5) is 21.9. The quantitative estimate of drug-likeness (QED) is 0.829. The van der Waals surface area contributed by atoms with E-state index in [1.54, 1.807) is 0 Å². The normalized spacial score (nSPS) is 19.5. The average Bonchev–Trinajstić information content (AvgIpc) is 2.48. The summed E-state index contributed by atoms with van der Waals surface area (Å²) in [7, 11) is 0. The zero-order valence-electron chi connectivity index (χ0n) is 17.7. The number of carbonyl (C=O) groups excluding carboxylic acids is 2. The lowest BCUT2D eigenvalue weighted by molar-refractivity contribution is -0.00109. The first kappa shape index (κ1) is 5.55. The third kappa shape index (κ3) is 3.93. The van der Waals surface area contributed by atoms with Crippen LogP contribution in [0.5, 0.6) is 0 Å². The van der Waals surface area contributed by atoms with E-state index < -0.39 is 66.7 Å². The molecule has 0 fully saturated rings. The Labute approximate surface area is 115 Å². The van der Waals surface area contributed by atoms with Crippen LogP contribution in [0.25, 0.3) is 0 Å². The number of alkyl halides is 1. The van der Waals surface area contributed by atoms with Crippen LogP contribution in [0.15, 0.2) is 30.2 Å². The first-order valence-electron chi connectivity index (χ1n) is 8.74. The summed E-state index contributed by atoms with van der Waals surface area (Å²) in [6.45, 7) is -8.21. The summed E-state index contributed by atoms with van der Waals surface area (Å²) in [6, 6.07) is -6.06. The summed E-state index contributed by atoms with van der Waals surface area (Å²) in [5.41, 5.74) is 3.18. The fourth-order valence-electron chi connectivity index (χ4n) is 0.786.